The number of aromatic nitrogens is 2. The van der Waals surface area contributed by atoms with E-state index < -0.39 is 0 Å². The fourth-order valence-electron chi connectivity index (χ4n) is 1.73. The third kappa shape index (κ3) is 2.15. The molecule has 0 aliphatic rings. The summed E-state index contributed by atoms with van der Waals surface area (Å²) in [5.74, 6) is 0. The predicted octanol–water partition coefficient (Wildman–Crippen LogP) is 2.39. The van der Waals surface area contributed by atoms with E-state index in [1.165, 1.54) is 16.4 Å². The molecule has 0 aliphatic heterocycles. The first-order valence-corrected chi connectivity index (χ1v) is 6.14. The standard InChI is InChI=1S/C11H15N3OS/c1-3-4-9-11(16-14-13-9)10(12-2)8-5-6-15-7-8/h5-7,10,12H,3-4H2,1-2H3. The molecule has 2 heterocycles. The van der Waals surface area contributed by atoms with E-state index in [2.05, 4.69) is 21.8 Å². The van der Waals surface area contributed by atoms with Crippen molar-refractivity contribution in [1.29, 1.82) is 0 Å². The van der Waals surface area contributed by atoms with Gasteiger partial charge in [-0.05, 0) is 31.1 Å². The fourth-order valence-corrected chi connectivity index (χ4v) is 2.57. The molecule has 2 aromatic heterocycles. The molecule has 0 bridgehead atoms. The minimum atomic E-state index is 0.139. The van der Waals surface area contributed by atoms with Crippen molar-refractivity contribution in [2.24, 2.45) is 0 Å². The van der Waals surface area contributed by atoms with Gasteiger partial charge in [-0.3, -0.25) is 0 Å². The van der Waals surface area contributed by atoms with Gasteiger partial charge in [0, 0.05) is 5.56 Å². The van der Waals surface area contributed by atoms with Crippen molar-refractivity contribution < 1.29 is 4.42 Å². The van der Waals surface area contributed by atoms with Gasteiger partial charge in [0.15, 0.2) is 0 Å². The van der Waals surface area contributed by atoms with Gasteiger partial charge in [0.05, 0.1) is 29.1 Å². The molecule has 1 unspecified atom stereocenters. The number of nitrogens with zero attached hydrogens (tertiary/aromatic N) is 2. The van der Waals surface area contributed by atoms with E-state index in [-0.39, 0.29) is 6.04 Å². The maximum Gasteiger partial charge on any atom is 0.0954 e. The van der Waals surface area contributed by atoms with Crippen molar-refractivity contribution in [1.82, 2.24) is 14.9 Å². The zero-order valence-electron chi connectivity index (χ0n) is 9.43. The lowest BCUT2D eigenvalue weighted by atomic mass is 10.1. The minimum absolute atomic E-state index is 0.139. The van der Waals surface area contributed by atoms with E-state index in [1.807, 2.05) is 13.1 Å². The predicted molar refractivity (Wildman–Crippen MR) is 63.5 cm³/mol. The Hall–Kier alpha value is -1.20. The minimum Gasteiger partial charge on any atom is -0.472 e. The van der Waals surface area contributed by atoms with E-state index in [0.717, 1.165) is 24.1 Å². The SMILES string of the molecule is CCCc1nnsc1C(NC)c1ccoc1. The van der Waals surface area contributed by atoms with Crippen molar-refractivity contribution >= 4 is 11.5 Å². The number of hydrogen-bond donors (Lipinski definition) is 1. The summed E-state index contributed by atoms with van der Waals surface area (Å²) in [5, 5.41) is 7.46. The molecule has 16 heavy (non-hydrogen) atoms. The summed E-state index contributed by atoms with van der Waals surface area (Å²) >= 11 is 1.46. The molecule has 0 spiro atoms. The molecular weight excluding hydrogens is 222 g/mol. The van der Waals surface area contributed by atoms with E-state index in [4.69, 9.17) is 4.42 Å². The average Bonchev–Trinajstić information content (AvgIpc) is 2.92. The largest absolute Gasteiger partial charge is 0.472 e. The molecule has 0 saturated carbocycles. The van der Waals surface area contributed by atoms with Crippen LogP contribution in [0.3, 0.4) is 0 Å². The summed E-state index contributed by atoms with van der Waals surface area (Å²) in [4.78, 5) is 1.19. The molecule has 0 radical (unpaired) electrons. The Bertz CT molecular complexity index is 424. The fraction of sp³-hybridized carbons (Fsp3) is 0.455. The molecular formula is C11H15N3OS. The van der Waals surface area contributed by atoms with Crippen LogP contribution in [0.4, 0.5) is 0 Å². The smallest absolute Gasteiger partial charge is 0.0954 e. The maximum atomic E-state index is 5.12. The molecule has 2 aromatic rings. The Kier molecular flexibility index (Phi) is 3.69. The molecule has 1 atom stereocenters. The molecule has 2 rings (SSSR count). The zero-order chi connectivity index (χ0) is 11.4. The molecule has 0 amide bonds. The number of nitrogens with one attached hydrogen (secondary N) is 1. The normalized spacial score (nSPS) is 12.9. The average molecular weight is 237 g/mol. The lowest BCUT2D eigenvalue weighted by Gasteiger charge is -2.12. The van der Waals surface area contributed by atoms with Crippen LogP contribution in [0.5, 0.6) is 0 Å². The van der Waals surface area contributed by atoms with Gasteiger partial charge in [-0.25, -0.2) is 0 Å². The van der Waals surface area contributed by atoms with Crippen molar-refractivity contribution in [3.63, 3.8) is 0 Å². The van der Waals surface area contributed by atoms with E-state index in [1.54, 1.807) is 12.5 Å². The molecule has 5 heteroatoms. The quantitative estimate of drug-likeness (QED) is 0.867. The van der Waals surface area contributed by atoms with Crippen LogP contribution in [0.1, 0.15) is 35.5 Å². The molecule has 0 fully saturated rings. The lowest BCUT2D eigenvalue weighted by molar-refractivity contribution is 0.557. The maximum absolute atomic E-state index is 5.12. The summed E-state index contributed by atoms with van der Waals surface area (Å²) in [6, 6.07) is 2.11. The second kappa shape index (κ2) is 5.23. The highest BCUT2D eigenvalue weighted by atomic mass is 32.1. The van der Waals surface area contributed by atoms with Gasteiger partial charge in [-0.2, -0.15) is 0 Å². The zero-order valence-corrected chi connectivity index (χ0v) is 10.3. The van der Waals surface area contributed by atoms with Gasteiger partial charge < -0.3 is 9.73 Å². The Labute approximate surface area is 98.8 Å². The van der Waals surface area contributed by atoms with Gasteiger partial charge >= 0.3 is 0 Å². The third-order valence-electron chi connectivity index (χ3n) is 2.50. The molecule has 0 aromatic carbocycles. The van der Waals surface area contributed by atoms with E-state index in [0.29, 0.717) is 0 Å². The highest BCUT2D eigenvalue weighted by molar-refractivity contribution is 7.05. The third-order valence-corrected chi connectivity index (χ3v) is 3.33. The van der Waals surface area contributed by atoms with Crippen LogP contribution in [0.2, 0.25) is 0 Å². The summed E-state index contributed by atoms with van der Waals surface area (Å²) in [7, 11) is 1.94. The number of rotatable bonds is 5. The van der Waals surface area contributed by atoms with E-state index >= 15 is 0 Å². The summed E-state index contributed by atoms with van der Waals surface area (Å²) in [5.41, 5.74) is 2.21. The number of hydrogen-bond acceptors (Lipinski definition) is 5. The second-order valence-electron chi connectivity index (χ2n) is 3.61. The summed E-state index contributed by atoms with van der Waals surface area (Å²) in [6.07, 6.45) is 5.51. The van der Waals surface area contributed by atoms with Gasteiger partial charge in [0.1, 0.15) is 0 Å². The van der Waals surface area contributed by atoms with Gasteiger partial charge in [0.2, 0.25) is 0 Å². The Balaban J connectivity index is 2.30. The van der Waals surface area contributed by atoms with Crippen molar-refractivity contribution in [2.75, 3.05) is 7.05 Å². The van der Waals surface area contributed by atoms with Gasteiger partial charge in [0.25, 0.3) is 0 Å². The summed E-state index contributed by atoms with van der Waals surface area (Å²) in [6.45, 7) is 2.15. The van der Waals surface area contributed by atoms with Crippen molar-refractivity contribution in [2.45, 2.75) is 25.8 Å². The van der Waals surface area contributed by atoms with Crippen LogP contribution >= 0.6 is 11.5 Å². The molecule has 86 valence electrons. The first kappa shape index (κ1) is 11.3. The van der Waals surface area contributed by atoms with Crippen LogP contribution in [-0.4, -0.2) is 16.6 Å². The first-order chi connectivity index (χ1) is 7.86. The van der Waals surface area contributed by atoms with Crippen molar-refractivity contribution in [3.8, 4) is 0 Å². The van der Waals surface area contributed by atoms with E-state index in [9.17, 15) is 0 Å². The number of furan rings is 1. The highest BCUT2D eigenvalue weighted by Gasteiger charge is 2.19. The highest BCUT2D eigenvalue weighted by Crippen LogP contribution is 2.27. The summed E-state index contributed by atoms with van der Waals surface area (Å²) < 4.78 is 9.16. The van der Waals surface area contributed by atoms with Crippen LogP contribution < -0.4 is 5.32 Å². The van der Waals surface area contributed by atoms with Crippen LogP contribution in [0, 0.1) is 0 Å². The Morgan fingerprint density at radius 3 is 3.06 bits per heavy atom. The second-order valence-corrected chi connectivity index (χ2v) is 4.40. The topological polar surface area (TPSA) is 51.0 Å². The first-order valence-electron chi connectivity index (χ1n) is 5.37. The molecule has 1 N–H and O–H groups in total. The van der Waals surface area contributed by atoms with Gasteiger partial charge in [-0.1, -0.05) is 17.8 Å². The van der Waals surface area contributed by atoms with Crippen molar-refractivity contribution in [3.05, 3.63) is 34.7 Å². The van der Waals surface area contributed by atoms with Crippen LogP contribution in [0.25, 0.3) is 0 Å². The molecule has 4 nitrogen and oxygen atoms in total. The monoisotopic (exact) mass is 237 g/mol. The van der Waals surface area contributed by atoms with Crippen LogP contribution in [0.15, 0.2) is 23.0 Å². The molecule has 0 aliphatic carbocycles. The van der Waals surface area contributed by atoms with Crippen LogP contribution in [-0.2, 0) is 6.42 Å². The lowest BCUT2D eigenvalue weighted by Crippen LogP contribution is -2.17. The molecule has 0 saturated heterocycles. The van der Waals surface area contributed by atoms with Gasteiger partial charge in [-0.15, -0.1) is 5.10 Å². The number of aryl methyl sites for hydroxylation is 1. The Morgan fingerprint density at radius 1 is 1.56 bits per heavy atom. The Morgan fingerprint density at radius 2 is 2.44 bits per heavy atom.